The van der Waals surface area contributed by atoms with Crippen molar-refractivity contribution in [1.82, 2.24) is 9.88 Å². The summed E-state index contributed by atoms with van der Waals surface area (Å²) >= 11 is 0. The molecule has 1 atom stereocenters. The molecule has 23 heavy (non-hydrogen) atoms. The van der Waals surface area contributed by atoms with E-state index < -0.39 is 0 Å². The summed E-state index contributed by atoms with van der Waals surface area (Å²) in [4.78, 5) is 20.4. The molecule has 1 aromatic heterocycles. The lowest BCUT2D eigenvalue weighted by atomic mass is 10.1. The van der Waals surface area contributed by atoms with Gasteiger partial charge in [0.1, 0.15) is 5.82 Å². The first-order valence-corrected chi connectivity index (χ1v) is 7.64. The second-order valence-corrected chi connectivity index (χ2v) is 5.68. The normalized spacial score (nSPS) is 16.9. The van der Waals surface area contributed by atoms with Crippen molar-refractivity contribution < 1.29 is 4.79 Å². The molecule has 1 saturated heterocycles. The lowest BCUT2D eigenvalue weighted by Gasteiger charge is -2.20. The van der Waals surface area contributed by atoms with Gasteiger partial charge in [-0.15, -0.1) is 0 Å². The fourth-order valence-electron chi connectivity index (χ4n) is 2.82. The summed E-state index contributed by atoms with van der Waals surface area (Å²) in [6.07, 6.45) is 2.82. The van der Waals surface area contributed by atoms with E-state index in [9.17, 15) is 4.79 Å². The van der Waals surface area contributed by atoms with Crippen LogP contribution in [0.15, 0.2) is 48.5 Å². The number of hydrogen-bond acceptors (Lipinski definition) is 4. The van der Waals surface area contributed by atoms with Gasteiger partial charge in [-0.2, -0.15) is 5.26 Å². The number of anilines is 1. The third-order valence-corrected chi connectivity index (χ3v) is 4.16. The van der Waals surface area contributed by atoms with Gasteiger partial charge in [0, 0.05) is 25.7 Å². The number of benzene rings is 1. The van der Waals surface area contributed by atoms with Crippen LogP contribution in [0.4, 0.5) is 5.82 Å². The summed E-state index contributed by atoms with van der Waals surface area (Å²) in [5.74, 6) is 0.508. The quantitative estimate of drug-likeness (QED) is 0.818. The molecule has 0 saturated carbocycles. The summed E-state index contributed by atoms with van der Waals surface area (Å²) in [5.41, 5.74) is 1.86. The van der Waals surface area contributed by atoms with Crippen molar-refractivity contribution in [2.45, 2.75) is 6.42 Å². The number of nitrogens with zero attached hydrogens (tertiary/aromatic N) is 4. The molecule has 2 heterocycles. The zero-order chi connectivity index (χ0) is 16.2. The molecular weight excluding hydrogens is 288 g/mol. The minimum absolute atomic E-state index is 0.0143. The van der Waals surface area contributed by atoms with Crippen LogP contribution in [0, 0.1) is 17.4 Å². The second kappa shape index (κ2) is 6.49. The van der Waals surface area contributed by atoms with Crippen LogP contribution in [-0.2, 0) is 4.79 Å². The summed E-state index contributed by atoms with van der Waals surface area (Å²) < 4.78 is 0. The van der Waals surface area contributed by atoms with Crippen LogP contribution in [0.1, 0.15) is 6.42 Å². The average molecular weight is 306 g/mol. The molecule has 3 rings (SSSR count). The van der Waals surface area contributed by atoms with Gasteiger partial charge in [-0.25, -0.2) is 4.98 Å². The second-order valence-electron chi connectivity index (χ2n) is 5.68. The van der Waals surface area contributed by atoms with E-state index in [1.54, 1.807) is 16.8 Å². The monoisotopic (exact) mass is 306 g/mol. The van der Waals surface area contributed by atoms with Gasteiger partial charge in [0.15, 0.2) is 6.19 Å². The fourth-order valence-corrected chi connectivity index (χ4v) is 2.82. The molecule has 5 heteroatoms. The first-order chi connectivity index (χ1) is 11.2. The highest BCUT2D eigenvalue weighted by atomic mass is 16.2. The molecule has 0 bridgehead atoms. The molecule has 1 fully saturated rings. The molecule has 0 radical (unpaired) electrons. The number of rotatable bonds is 3. The van der Waals surface area contributed by atoms with Crippen LogP contribution in [0.25, 0.3) is 11.3 Å². The number of carbonyl (C=O) groups excluding carboxylic acids is 1. The fraction of sp³-hybridized carbons (Fsp3) is 0.278. The molecular formula is C18H18N4O. The van der Waals surface area contributed by atoms with Gasteiger partial charge in [0.25, 0.3) is 0 Å². The van der Waals surface area contributed by atoms with Gasteiger partial charge < -0.3 is 4.90 Å². The standard InChI is InChI=1S/C18H18N4O/c1-21(18(23)15-10-11-22(12-15)13-19)17-9-5-8-16(20-17)14-6-3-2-4-7-14/h2-9,15H,10-12H2,1H3/t15-/m0/s1. The molecule has 1 aliphatic heterocycles. The Hall–Kier alpha value is -2.87. The Balaban J connectivity index is 1.79. The van der Waals surface area contributed by atoms with Crippen molar-refractivity contribution in [3.8, 4) is 17.5 Å². The molecule has 1 amide bonds. The van der Waals surface area contributed by atoms with Crippen molar-refractivity contribution >= 4 is 11.7 Å². The highest BCUT2D eigenvalue weighted by Gasteiger charge is 2.30. The number of carbonyl (C=O) groups is 1. The van der Waals surface area contributed by atoms with E-state index in [2.05, 4.69) is 11.2 Å². The van der Waals surface area contributed by atoms with E-state index in [1.807, 2.05) is 48.5 Å². The number of aromatic nitrogens is 1. The van der Waals surface area contributed by atoms with Crippen LogP contribution in [0.3, 0.4) is 0 Å². The third kappa shape index (κ3) is 3.16. The molecule has 5 nitrogen and oxygen atoms in total. The van der Waals surface area contributed by atoms with Gasteiger partial charge in [-0.1, -0.05) is 36.4 Å². The predicted molar refractivity (Wildman–Crippen MR) is 88.4 cm³/mol. The zero-order valence-corrected chi connectivity index (χ0v) is 13.0. The van der Waals surface area contributed by atoms with E-state index in [1.165, 1.54) is 0 Å². The Morgan fingerprint density at radius 1 is 1.26 bits per heavy atom. The van der Waals surface area contributed by atoms with Gasteiger partial charge in [-0.3, -0.25) is 9.69 Å². The van der Waals surface area contributed by atoms with E-state index in [-0.39, 0.29) is 11.8 Å². The van der Waals surface area contributed by atoms with E-state index in [0.29, 0.717) is 18.9 Å². The maximum Gasteiger partial charge on any atom is 0.232 e. The maximum absolute atomic E-state index is 12.6. The van der Waals surface area contributed by atoms with Crippen molar-refractivity contribution in [3.05, 3.63) is 48.5 Å². The topological polar surface area (TPSA) is 60.2 Å². The highest BCUT2D eigenvalue weighted by Crippen LogP contribution is 2.23. The van der Waals surface area contributed by atoms with Crippen molar-refractivity contribution in [2.24, 2.45) is 5.92 Å². The molecule has 1 aliphatic rings. The van der Waals surface area contributed by atoms with Crippen LogP contribution in [0.2, 0.25) is 0 Å². The molecule has 0 N–H and O–H groups in total. The van der Waals surface area contributed by atoms with Crippen molar-refractivity contribution in [3.63, 3.8) is 0 Å². The molecule has 116 valence electrons. The van der Waals surface area contributed by atoms with Gasteiger partial charge in [-0.05, 0) is 18.6 Å². The Morgan fingerprint density at radius 2 is 2.04 bits per heavy atom. The first kappa shape index (κ1) is 15.0. The zero-order valence-electron chi connectivity index (χ0n) is 13.0. The lowest BCUT2D eigenvalue weighted by Crippen LogP contribution is -2.34. The van der Waals surface area contributed by atoms with Crippen molar-refractivity contribution in [2.75, 3.05) is 25.0 Å². The van der Waals surface area contributed by atoms with Crippen LogP contribution < -0.4 is 4.90 Å². The predicted octanol–water partition coefficient (Wildman–Crippen LogP) is 2.51. The van der Waals surface area contributed by atoms with Crippen LogP contribution >= 0.6 is 0 Å². The lowest BCUT2D eigenvalue weighted by molar-refractivity contribution is -0.121. The highest BCUT2D eigenvalue weighted by molar-refractivity contribution is 5.94. The number of nitriles is 1. The number of amides is 1. The summed E-state index contributed by atoms with van der Waals surface area (Å²) in [7, 11) is 1.74. The van der Waals surface area contributed by atoms with Gasteiger partial charge in [0.05, 0.1) is 11.6 Å². The Kier molecular flexibility index (Phi) is 4.24. The Morgan fingerprint density at radius 3 is 2.74 bits per heavy atom. The van der Waals surface area contributed by atoms with Gasteiger partial charge in [0.2, 0.25) is 5.91 Å². The Labute approximate surface area is 135 Å². The van der Waals surface area contributed by atoms with Crippen LogP contribution in [0.5, 0.6) is 0 Å². The van der Waals surface area contributed by atoms with E-state index in [4.69, 9.17) is 5.26 Å². The average Bonchev–Trinajstić information content (AvgIpc) is 3.10. The molecule has 0 aliphatic carbocycles. The molecule has 1 aromatic carbocycles. The molecule has 0 unspecified atom stereocenters. The molecule has 2 aromatic rings. The Bertz CT molecular complexity index is 738. The number of likely N-dealkylation sites (tertiary alicyclic amines) is 1. The minimum atomic E-state index is -0.137. The third-order valence-electron chi connectivity index (χ3n) is 4.16. The summed E-state index contributed by atoms with van der Waals surface area (Å²) in [6.45, 7) is 1.15. The SMILES string of the molecule is CN(C(=O)[C@H]1CCN(C#N)C1)c1cccc(-c2ccccc2)n1. The summed E-state index contributed by atoms with van der Waals surface area (Å²) in [5, 5.41) is 8.92. The van der Waals surface area contributed by atoms with E-state index in [0.717, 1.165) is 17.7 Å². The largest absolute Gasteiger partial charge is 0.310 e. The first-order valence-electron chi connectivity index (χ1n) is 7.64. The van der Waals surface area contributed by atoms with Crippen molar-refractivity contribution in [1.29, 1.82) is 5.26 Å². The number of hydrogen-bond donors (Lipinski definition) is 0. The van der Waals surface area contributed by atoms with Gasteiger partial charge >= 0.3 is 0 Å². The smallest absolute Gasteiger partial charge is 0.232 e. The van der Waals surface area contributed by atoms with E-state index >= 15 is 0 Å². The minimum Gasteiger partial charge on any atom is -0.310 e. The molecule has 0 spiro atoms. The van der Waals surface area contributed by atoms with Crippen LogP contribution in [-0.4, -0.2) is 35.9 Å². The maximum atomic E-state index is 12.6. The summed E-state index contributed by atoms with van der Waals surface area (Å²) in [6, 6.07) is 15.6. The number of pyridine rings is 1.